The van der Waals surface area contributed by atoms with E-state index in [9.17, 15) is 14.0 Å². The monoisotopic (exact) mass is 374 g/mol. The molecule has 27 heavy (non-hydrogen) atoms. The van der Waals surface area contributed by atoms with Gasteiger partial charge in [-0.1, -0.05) is 42.5 Å². The van der Waals surface area contributed by atoms with Gasteiger partial charge in [-0.15, -0.1) is 0 Å². The van der Waals surface area contributed by atoms with Crippen molar-refractivity contribution in [2.75, 3.05) is 20.2 Å². The van der Waals surface area contributed by atoms with E-state index in [1.807, 2.05) is 30.3 Å². The van der Waals surface area contributed by atoms with E-state index in [-0.39, 0.29) is 31.9 Å². The zero-order valence-electron chi connectivity index (χ0n) is 15.1. The fourth-order valence-corrected chi connectivity index (χ4v) is 2.62. The molecular formula is C20H23FN2O4. The Morgan fingerprint density at radius 2 is 1.74 bits per heavy atom. The SMILES string of the molecule is COC(=O)[C@@H](Cc1ccc(F)cc1)N(CCN)C(=O)OCc1ccccc1. The third-order valence-corrected chi connectivity index (χ3v) is 4.00. The van der Waals surface area contributed by atoms with Gasteiger partial charge in [-0.25, -0.2) is 14.0 Å². The number of hydrogen-bond donors (Lipinski definition) is 1. The van der Waals surface area contributed by atoms with Gasteiger partial charge in [0.15, 0.2) is 0 Å². The van der Waals surface area contributed by atoms with Crippen molar-refractivity contribution >= 4 is 12.1 Å². The van der Waals surface area contributed by atoms with Gasteiger partial charge in [-0.2, -0.15) is 0 Å². The number of ether oxygens (including phenoxy) is 2. The molecule has 0 fully saturated rings. The standard InChI is InChI=1S/C20H23FN2O4/c1-26-19(24)18(13-15-7-9-17(21)10-8-15)23(12-11-22)20(25)27-14-16-5-3-2-4-6-16/h2-10,18H,11-14,22H2,1H3/t18-/m1/s1. The van der Waals surface area contributed by atoms with Crippen molar-refractivity contribution in [3.63, 3.8) is 0 Å². The summed E-state index contributed by atoms with van der Waals surface area (Å²) in [6, 6.07) is 14.0. The number of methoxy groups -OCH3 is 1. The van der Waals surface area contributed by atoms with E-state index in [0.29, 0.717) is 5.56 Å². The molecule has 0 saturated carbocycles. The Bertz CT molecular complexity index is 737. The number of nitrogens with zero attached hydrogens (tertiary/aromatic N) is 1. The summed E-state index contributed by atoms with van der Waals surface area (Å²) in [4.78, 5) is 26.1. The van der Waals surface area contributed by atoms with Crippen LogP contribution in [-0.2, 0) is 27.3 Å². The largest absolute Gasteiger partial charge is 0.467 e. The van der Waals surface area contributed by atoms with Crippen LogP contribution in [0.2, 0.25) is 0 Å². The Hall–Kier alpha value is -2.93. The summed E-state index contributed by atoms with van der Waals surface area (Å²) in [5.74, 6) is -0.973. The second-order valence-electron chi connectivity index (χ2n) is 5.89. The maximum Gasteiger partial charge on any atom is 0.410 e. The molecule has 144 valence electrons. The first kappa shape index (κ1) is 20.4. The molecule has 0 saturated heterocycles. The van der Waals surface area contributed by atoms with E-state index in [4.69, 9.17) is 15.2 Å². The number of rotatable bonds is 8. The number of nitrogens with two attached hydrogens (primary N) is 1. The van der Waals surface area contributed by atoms with Crippen LogP contribution in [0.1, 0.15) is 11.1 Å². The summed E-state index contributed by atoms with van der Waals surface area (Å²) in [5, 5.41) is 0. The number of carbonyl (C=O) groups excluding carboxylic acids is 2. The number of hydrogen-bond acceptors (Lipinski definition) is 5. The second-order valence-corrected chi connectivity index (χ2v) is 5.89. The average Bonchev–Trinajstić information content (AvgIpc) is 2.70. The molecule has 2 aromatic rings. The second kappa shape index (κ2) is 10.3. The Kier molecular flexibility index (Phi) is 7.76. The summed E-state index contributed by atoms with van der Waals surface area (Å²) < 4.78 is 23.3. The minimum absolute atomic E-state index is 0.0746. The molecule has 0 aliphatic rings. The molecule has 0 unspecified atom stereocenters. The Morgan fingerprint density at radius 3 is 2.33 bits per heavy atom. The molecule has 2 rings (SSSR count). The lowest BCUT2D eigenvalue weighted by Crippen LogP contribution is -2.49. The highest BCUT2D eigenvalue weighted by molar-refractivity contribution is 5.81. The fraction of sp³-hybridized carbons (Fsp3) is 0.300. The summed E-state index contributed by atoms with van der Waals surface area (Å²) in [5.41, 5.74) is 7.13. The van der Waals surface area contributed by atoms with Crippen molar-refractivity contribution in [2.45, 2.75) is 19.1 Å². The number of esters is 1. The maximum absolute atomic E-state index is 13.1. The van der Waals surface area contributed by atoms with Gasteiger partial charge in [-0.05, 0) is 23.3 Å². The summed E-state index contributed by atoms with van der Waals surface area (Å²) >= 11 is 0. The van der Waals surface area contributed by atoms with E-state index in [2.05, 4.69) is 0 Å². The average molecular weight is 374 g/mol. The molecule has 0 heterocycles. The zero-order valence-corrected chi connectivity index (χ0v) is 15.1. The minimum Gasteiger partial charge on any atom is -0.467 e. The molecule has 6 nitrogen and oxygen atoms in total. The van der Waals surface area contributed by atoms with Crippen LogP contribution in [0.25, 0.3) is 0 Å². The number of benzene rings is 2. The van der Waals surface area contributed by atoms with Crippen LogP contribution in [0.4, 0.5) is 9.18 Å². The molecule has 1 atom stereocenters. The first-order valence-electron chi connectivity index (χ1n) is 8.54. The zero-order chi connectivity index (χ0) is 19.6. The van der Waals surface area contributed by atoms with Gasteiger partial charge >= 0.3 is 12.1 Å². The van der Waals surface area contributed by atoms with Crippen LogP contribution in [0.5, 0.6) is 0 Å². The van der Waals surface area contributed by atoms with Gasteiger partial charge in [-0.3, -0.25) is 4.90 Å². The summed E-state index contributed by atoms with van der Waals surface area (Å²) in [7, 11) is 1.25. The predicted octanol–water partition coefficient (Wildman–Crippen LogP) is 2.51. The lowest BCUT2D eigenvalue weighted by Gasteiger charge is -2.29. The normalized spacial score (nSPS) is 11.5. The van der Waals surface area contributed by atoms with Crippen molar-refractivity contribution in [1.29, 1.82) is 0 Å². The molecule has 2 aromatic carbocycles. The van der Waals surface area contributed by atoms with Crippen LogP contribution < -0.4 is 5.73 Å². The molecule has 0 radical (unpaired) electrons. The molecule has 1 amide bonds. The highest BCUT2D eigenvalue weighted by Crippen LogP contribution is 2.14. The molecule has 7 heteroatoms. The van der Waals surface area contributed by atoms with Crippen molar-refractivity contribution in [3.05, 3.63) is 71.5 Å². The minimum atomic E-state index is -0.924. The highest BCUT2D eigenvalue weighted by atomic mass is 19.1. The van der Waals surface area contributed by atoms with Crippen LogP contribution in [-0.4, -0.2) is 43.2 Å². The van der Waals surface area contributed by atoms with E-state index in [1.165, 1.54) is 24.1 Å². The third kappa shape index (κ3) is 6.07. The van der Waals surface area contributed by atoms with Crippen molar-refractivity contribution in [1.82, 2.24) is 4.90 Å². The summed E-state index contributed by atoms with van der Waals surface area (Å²) in [6.07, 6.45) is -0.505. The molecule has 0 aliphatic heterocycles. The van der Waals surface area contributed by atoms with Gasteiger partial charge in [0.2, 0.25) is 0 Å². The summed E-state index contributed by atoms with van der Waals surface area (Å²) in [6.45, 7) is 0.344. The van der Waals surface area contributed by atoms with Crippen molar-refractivity contribution in [2.24, 2.45) is 5.73 Å². The third-order valence-electron chi connectivity index (χ3n) is 4.00. The van der Waals surface area contributed by atoms with E-state index in [1.54, 1.807) is 12.1 Å². The molecule has 0 aliphatic carbocycles. The predicted molar refractivity (Wildman–Crippen MR) is 98.3 cm³/mol. The topological polar surface area (TPSA) is 81.9 Å². The number of amides is 1. The lowest BCUT2D eigenvalue weighted by molar-refractivity contribution is -0.146. The van der Waals surface area contributed by atoms with Gasteiger partial charge in [0.1, 0.15) is 18.5 Å². The van der Waals surface area contributed by atoms with E-state index in [0.717, 1.165) is 5.56 Å². The van der Waals surface area contributed by atoms with Crippen LogP contribution in [0.15, 0.2) is 54.6 Å². The fourth-order valence-electron chi connectivity index (χ4n) is 2.62. The molecule has 2 N–H and O–H groups in total. The Morgan fingerprint density at radius 1 is 1.07 bits per heavy atom. The van der Waals surface area contributed by atoms with Gasteiger partial charge in [0.25, 0.3) is 0 Å². The van der Waals surface area contributed by atoms with Gasteiger partial charge < -0.3 is 15.2 Å². The van der Waals surface area contributed by atoms with Crippen molar-refractivity contribution in [3.8, 4) is 0 Å². The van der Waals surface area contributed by atoms with Gasteiger partial charge in [0, 0.05) is 19.5 Å². The van der Waals surface area contributed by atoms with Gasteiger partial charge in [0.05, 0.1) is 7.11 Å². The molecule has 0 spiro atoms. The van der Waals surface area contributed by atoms with E-state index < -0.39 is 18.1 Å². The lowest BCUT2D eigenvalue weighted by atomic mass is 10.0. The number of carbonyl (C=O) groups is 2. The van der Waals surface area contributed by atoms with E-state index >= 15 is 0 Å². The quantitative estimate of drug-likeness (QED) is 0.718. The molecular weight excluding hydrogens is 351 g/mol. The van der Waals surface area contributed by atoms with Crippen LogP contribution >= 0.6 is 0 Å². The maximum atomic E-state index is 13.1. The smallest absolute Gasteiger partial charge is 0.410 e. The molecule has 0 bridgehead atoms. The molecule has 0 aromatic heterocycles. The Labute approximate surface area is 157 Å². The highest BCUT2D eigenvalue weighted by Gasteiger charge is 2.31. The van der Waals surface area contributed by atoms with Crippen molar-refractivity contribution < 1.29 is 23.5 Å². The Balaban J connectivity index is 2.14. The first-order valence-corrected chi connectivity index (χ1v) is 8.54. The van der Waals surface area contributed by atoms with Crippen LogP contribution in [0, 0.1) is 5.82 Å². The number of halogens is 1. The first-order chi connectivity index (χ1) is 13.0. The van der Waals surface area contributed by atoms with Crippen LogP contribution in [0.3, 0.4) is 0 Å².